The Morgan fingerprint density at radius 3 is 2.71 bits per heavy atom. The summed E-state index contributed by atoms with van der Waals surface area (Å²) >= 11 is 0. The van der Waals surface area contributed by atoms with Crippen molar-refractivity contribution < 1.29 is 4.74 Å². The summed E-state index contributed by atoms with van der Waals surface area (Å²) in [6, 6.07) is 0. The van der Waals surface area contributed by atoms with Crippen LogP contribution in [0.25, 0.3) is 0 Å². The summed E-state index contributed by atoms with van der Waals surface area (Å²) in [6.07, 6.45) is 3.84. The first kappa shape index (κ1) is 14.9. The van der Waals surface area contributed by atoms with E-state index in [0.717, 1.165) is 44.7 Å². The van der Waals surface area contributed by atoms with E-state index in [1.165, 1.54) is 25.8 Å². The number of nitrogens with zero attached hydrogens (tertiary/aromatic N) is 1. The van der Waals surface area contributed by atoms with Gasteiger partial charge in [0.05, 0.1) is 6.61 Å². The molecular formula is C14H30N2O. The Hall–Kier alpha value is -0.120. The molecule has 2 atom stereocenters. The maximum atomic E-state index is 5.49. The highest BCUT2D eigenvalue weighted by Crippen LogP contribution is 2.37. The smallest absolute Gasteiger partial charge is 0.0590 e. The Morgan fingerprint density at radius 1 is 1.29 bits per heavy atom. The molecule has 2 unspecified atom stereocenters. The molecule has 1 saturated carbocycles. The molecule has 0 aromatic rings. The van der Waals surface area contributed by atoms with Crippen molar-refractivity contribution in [2.75, 3.05) is 46.4 Å². The Bertz CT molecular complexity index is 187. The zero-order chi connectivity index (χ0) is 12.5. The van der Waals surface area contributed by atoms with Crippen molar-refractivity contribution in [1.82, 2.24) is 10.2 Å². The molecule has 0 aliphatic heterocycles. The maximum Gasteiger partial charge on any atom is 0.0590 e. The zero-order valence-corrected chi connectivity index (χ0v) is 11.9. The molecule has 1 aliphatic carbocycles. The summed E-state index contributed by atoms with van der Waals surface area (Å²) in [5, 5.41) is 3.43. The quantitative estimate of drug-likeness (QED) is 0.561. The molecule has 0 amide bonds. The van der Waals surface area contributed by atoms with Gasteiger partial charge < -0.3 is 15.0 Å². The second-order valence-corrected chi connectivity index (χ2v) is 5.45. The number of nitrogens with one attached hydrogen (secondary N) is 1. The highest BCUT2D eigenvalue weighted by atomic mass is 16.5. The number of rotatable bonds is 11. The summed E-state index contributed by atoms with van der Waals surface area (Å²) < 4.78 is 5.49. The first-order chi connectivity index (χ1) is 8.24. The fraction of sp³-hybridized carbons (Fsp3) is 1.00. The van der Waals surface area contributed by atoms with Gasteiger partial charge in [0.25, 0.3) is 0 Å². The largest absolute Gasteiger partial charge is 0.380 e. The third-order valence-corrected chi connectivity index (χ3v) is 3.56. The Balaban J connectivity index is 1.77. The maximum absolute atomic E-state index is 5.49. The van der Waals surface area contributed by atoms with Crippen molar-refractivity contribution in [2.24, 2.45) is 11.8 Å². The number of unbranched alkanes of at least 4 members (excludes halogenated alkanes) is 1. The number of likely N-dealkylation sites (N-methyl/N-ethyl adjacent to an activating group) is 1. The fourth-order valence-corrected chi connectivity index (χ4v) is 2.03. The summed E-state index contributed by atoms with van der Waals surface area (Å²) in [6.45, 7) is 10.8. The molecule has 0 heterocycles. The first-order valence-corrected chi connectivity index (χ1v) is 7.21. The van der Waals surface area contributed by atoms with Crippen LogP contribution in [-0.4, -0.2) is 51.3 Å². The van der Waals surface area contributed by atoms with Gasteiger partial charge in [0.2, 0.25) is 0 Å². The van der Waals surface area contributed by atoms with E-state index in [-0.39, 0.29) is 0 Å². The van der Waals surface area contributed by atoms with Crippen molar-refractivity contribution in [3.63, 3.8) is 0 Å². The minimum atomic E-state index is 0.851. The predicted molar refractivity (Wildman–Crippen MR) is 73.4 cm³/mol. The van der Waals surface area contributed by atoms with Crippen LogP contribution in [0.2, 0.25) is 0 Å². The van der Waals surface area contributed by atoms with Crippen LogP contribution < -0.4 is 5.32 Å². The third-order valence-electron chi connectivity index (χ3n) is 3.56. The monoisotopic (exact) mass is 242 g/mol. The minimum absolute atomic E-state index is 0.851. The predicted octanol–water partition coefficient (Wildman–Crippen LogP) is 1.98. The number of hydrogen-bond donors (Lipinski definition) is 1. The molecule has 1 fully saturated rings. The molecule has 3 heteroatoms. The van der Waals surface area contributed by atoms with Crippen molar-refractivity contribution in [1.29, 1.82) is 0 Å². The van der Waals surface area contributed by atoms with E-state index in [9.17, 15) is 0 Å². The lowest BCUT2D eigenvalue weighted by Crippen LogP contribution is -2.32. The first-order valence-electron chi connectivity index (χ1n) is 7.21. The normalized spacial score (nSPS) is 23.3. The second-order valence-electron chi connectivity index (χ2n) is 5.45. The summed E-state index contributed by atoms with van der Waals surface area (Å²) in [4.78, 5) is 2.44. The molecule has 1 aliphatic rings. The zero-order valence-electron chi connectivity index (χ0n) is 11.9. The van der Waals surface area contributed by atoms with Gasteiger partial charge in [0.15, 0.2) is 0 Å². The van der Waals surface area contributed by atoms with E-state index in [1.54, 1.807) is 0 Å². The molecule has 1 rings (SSSR count). The van der Waals surface area contributed by atoms with Crippen LogP contribution in [0.1, 0.15) is 33.1 Å². The van der Waals surface area contributed by atoms with E-state index >= 15 is 0 Å². The molecule has 0 bridgehead atoms. The van der Waals surface area contributed by atoms with Gasteiger partial charge in [-0.15, -0.1) is 0 Å². The number of hydrogen-bond acceptors (Lipinski definition) is 3. The van der Waals surface area contributed by atoms with Gasteiger partial charge in [-0.3, -0.25) is 0 Å². The topological polar surface area (TPSA) is 24.5 Å². The molecule has 17 heavy (non-hydrogen) atoms. The lowest BCUT2D eigenvalue weighted by Gasteiger charge is -2.16. The van der Waals surface area contributed by atoms with Gasteiger partial charge in [-0.2, -0.15) is 0 Å². The summed E-state index contributed by atoms with van der Waals surface area (Å²) in [5.74, 6) is 1.94. The standard InChI is InChI=1S/C14H30N2O/c1-4-5-9-17-10-7-15-6-8-16(3)12-14-11-13(14)2/h13-15H,4-12H2,1-3H3. The van der Waals surface area contributed by atoms with Crippen LogP contribution in [0.5, 0.6) is 0 Å². The average Bonchev–Trinajstić information content (AvgIpc) is 2.98. The highest BCUT2D eigenvalue weighted by Gasteiger charge is 2.32. The third kappa shape index (κ3) is 7.74. The molecule has 0 saturated heterocycles. The van der Waals surface area contributed by atoms with Gasteiger partial charge in [0, 0.05) is 32.8 Å². The molecule has 3 nitrogen and oxygen atoms in total. The van der Waals surface area contributed by atoms with E-state index in [0.29, 0.717) is 0 Å². The Kier molecular flexibility index (Phi) is 7.82. The van der Waals surface area contributed by atoms with Crippen LogP contribution in [0, 0.1) is 11.8 Å². The van der Waals surface area contributed by atoms with Gasteiger partial charge in [-0.25, -0.2) is 0 Å². The van der Waals surface area contributed by atoms with Crippen molar-refractivity contribution >= 4 is 0 Å². The summed E-state index contributed by atoms with van der Waals surface area (Å²) in [7, 11) is 2.23. The summed E-state index contributed by atoms with van der Waals surface area (Å²) in [5.41, 5.74) is 0. The Labute approximate surface area is 107 Å². The van der Waals surface area contributed by atoms with Crippen molar-refractivity contribution in [3.05, 3.63) is 0 Å². The van der Waals surface area contributed by atoms with Gasteiger partial charge in [0.1, 0.15) is 0 Å². The van der Waals surface area contributed by atoms with Crippen molar-refractivity contribution in [3.8, 4) is 0 Å². The molecule has 0 spiro atoms. The van der Waals surface area contributed by atoms with Crippen LogP contribution in [0.3, 0.4) is 0 Å². The van der Waals surface area contributed by atoms with E-state index in [4.69, 9.17) is 4.74 Å². The van der Waals surface area contributed by atoms with E-state index < -0.39 is 0 Å². The molecule has 0 radical (unpaired) electrons. The minimum Gasteiger partial charge on any atom is -0.380 e. The fourth-order valence-electron chi connectivity index (χ4n) is 2.03. The second kappa shape index (κ2) is 8.90. The Morgan fingerprint density at radius 2 is 2.06 bits per heavy atom. The van der Waals surface area contributed by atoms with Gasteiger partial charge >= 0.3 is 0 Å². The number of ether oxygens (including phenoxy) is 1. The lowest BCUT2D eigenvalue weighted by molar-refractivity contribution is 0.132. The molecule has 102 valence electrons. The molecule has 0 aromatic heterocycles. The van der Waals surface area contributed by atoms with Crippen LogP contribution >= 0.6 is 0 Å². The van der Waals surface area contributed by atoms with E-state index in [1.807, 2.05) is 0 Å². The van der Waals surface area contributed by atoms with Crippen LogP contribution in [0.15, 0.2) is 0 Å². The highest BCUT2D eigenvalue weighted by molar-refractivity contribution is 4.84. The lowest BCUT2D eigenvalue weighted by atomic mass is 10.3. The molecular weight excluding hydrogens is 212 g/mol. The van der Waals surface area contributed by atoms with E-state index in [2.05, 4.69) is 31.1 Å². The van der Waals surface area contributed by atoms with Crippen molar-refractivity contribution in [2.45, 2.75) is 33.1 Å². The molecule has 1 N–H and O–H groups in total. The van der Waals surface area contributed by atoms with Crippen LogP contribution in [0.4, 0.5) is 0 Å². The average molecular weight is 242 g/mol. The van der Waals surface area contributed by atoms with Crippen LogP contribution in [-0.2, 0) is 4.74 Å². The van der Waals surface area contributed by atoms with Gasteiger partial charge in [-0.05, 0) is 31.7 Å². The SMILES string of the molecule is CCCCOCCNCCN(C)CC1CC1C. The van der Waals surface area contributed by atoms with Gasteiger partial charge in [-0.1, -0.05) is 20.3 Å². The molecule has 0 aromatic carbocycles.